The molecule has 0 aromatic rings. The first-order valence-corrected chi connectivity index (χ1v) is 9.88. The van der Waals surface area contributed by atoms with Gasteiger partial charge in [0.1, 0.15) is 18.8 Å². The third-order valence-electron chi connectivity index (χ3n) is 3.49. The van der Waals surface area contributed by atoms with Crippen LogP contribution < -0.4 is 0 Å². The van der Waals surface area contributed by atoms with E-state index in [-0.39, 0.29) is 19.2 Å². The molecule has 0 aliphatic rings. The van der Waals surface area contributed by atoms with E-state index in [0.29, 0.717) is 26.2 Å². The Hall–Kier alpha value is -1.14. The summed E-state index contributed by atoms with van der Waals surface area (Å²) in [5.74, 6) is -0.555. The van der Waals surface area contributed by atoms with Crippen LogP contribution in [0.2, 0.25) is 0 Å². The number of hydrogen-bond donors (Lipinski definition) is 0. The fourth-order valence-corrected chi connectivity index (χ4v) is 2.26. The molecule has 26 heavy (non-hydrogen) atoms. The van der Waals surface area contributed by atoms with E-state index in [0.717, 1.165) is 12.8 Å². The number of hydrogen-bond acceptors (Lipinski definition) is 6. The second kappa shape index (κ2) is 16.1. The summed E-state index contributed by atoms with van der Waals surface area (Å²) >= 11 is 0. The Balaban J connectivity index is 3.31. The van der Waals surface area contributed by atoms with E-state index in [9.17, 15) is 9.59 Å². The Morgan fingerprint density at radius 1 is 0.731 bits per heavy atom. The van der Waals surface area contributed by atoms with Crippen LogP contribution in [-0.4, -0.2) is 50.6 Å². The summed E-state index contributed by atoms with van der Waals surface area (Å²) in [7, 11) is 0. The molecule has 0 saturated carbocycles. The monoisotopic (exact) mass is 374 g/mol. The molecular weight excluding hydrogens is 336 g/mol. The number of ether oxygens (including phenoxy) is 4. The maximum atomic E-state index is 11.5. The van der Waals surface area contributed by atoms with Gasteiger partial charge in [-0.3, -0.25) is 4.79 Å². The lowest BCUT2D eigenvalue weighted by atomic mass is 10.1. The zero-order chi connectivity index (χ0) is 19.7. The van der Waals surface area contributed by atoms with Crippen LogP contribution in [0, 0.1) is 0 Å². The smallest absolute Gasteiger partial charge is 0.332 e. The Kier molecular flexibility index (Phi) is 15.4. The van der Waals surface area contributed by atoms with Gasteiger partial charge in [-0.25, -0.2) is 4.79 Å². The summed E-state index contributed by atoms with van der Waals surface area (Å²) in [5, 5.41) is 0. The molecule has 0 saturated heterocycles. The highest BCUT2D eigenvalue weighted by molar-refractivity contribution is 5.71. The number of esters is 2. The average molecular weight is 375 g/mol. The predicted molar refractivity (Wildman–Crippen MR) is 101 cm³/mol. The van der Waals surface area contributed by atoms with Gasteiger partial charge in [-0.05, 0) is 27.2 Å². The van der Waals surface area contributed by atoms with E-state index in [2.05, 4.69) is 6.92 Å². The molecule has 154 valence electrons. The van der Waals surface area contributed by atoms with Crippen molar-refractivity contribution in [2.75, 3.05) is 33.0 Å². The molecule has 0 rings (SSSR count). The normalized spacial score (nSPS) is 11.4. The van der Waals surface area contributed by atoms with Crippen LogP contribution in [0.3, 0.4) is 0 Å². The van der Waals surface area contributed by atoms with E-state index in [4.69, 9.17) is 18.9 Å². The van der Waals surface area contributed by atoms with Crippen LogP contribution in [0.5, 0.6) is 0 Å². The van der Waals surface area contributed by atoms with Gasteiger partial charge in [0.15, 0.2) is 0 Å². The first-order valence-electron chi connectivity index (χ1n) is 9.88. The molecule has 6 nitrogen and oxygen atoms in total. The molecule has 0 aliphatic heterocycles. The van der Waals surface area contributed by atoms with Crippen LogP contribution in [0.25, 0.3) is 0 Å². The van der Waals surface area contributed by atoms with Gasteiger partial charge in [-0.1, -0.05) is 45.4 Å². The number of carbonyl (C=O) groups excluding carboxylic acids is 2. The van der Waals surface area contributed by atoms with Crippen LogP contribution >= 0.6 is 0 Å². The Bertz CT molecular complexity index is 362. The third-order valence-corrected chi connectivity index (χ3v) is 3.49. The van der Waals surface area contributed by atoms with Crippen LogP contribution in [0.15, 0.2) is 0 Å². The number of rotatable bonds is 16. The molecule has 0 aromatic heterocycles. The first kappa shape index (κ1) is 24.9. The fourth-order valence-electron chi connectivity index (χ4n) is 2.26. The van der Waals surface area contributed by atoms with Crippen LogP contribution in [-0.2, 0) is 28.5 Å². The van der Waals surface area contributed by atoms with Crippen molar-refractivity contribution >= 4 is 11.9 Å². The minimum Gasteiger partial charge on any atom is -0.463 e. The largest absolute Gasteiger partial charge is 0.463 e. The lowest BCUT2D eigenvalue weighted by molar-refractivity contribution is -0.161. The van der Waals surface area contributed by atoms with Gasteiger partial charge in [0.05, 0.1) is 19.8 Å². The van der Waals surface area contributed by atoms with Gasteiger partial charge in [-0.15, -0.1) is 0 Å². The van der Waals surface area contributed by atoms with Crippen molar-refractivity contribution in [3.05, 3.63) is 0 Å². The maximum absolute atomic E-state index is 11.5. The fraction of sp³-hybridized carbons (Fsp3) is 0.900. The van der Waals surface area contributed by atoms with Gasteiger partial charge < -0.3 is 18.9 Å². The molecule has 0 atom stereocenters. The minimum absolute atomic E-state index is 0.0892. The topological polar surface area (TPSA) is 71.1 Å². The lowest BCUT2D eigenvalue weighted by Gasteiger charge is -2.19. The zero-order valence-corrected chi connectivity index (χ0v) is 17.1. The highest BCUT2D eigenvalue weighted by Gasteiger charge is 2.15. The SMILES string of the molecule is CCCCCCCCCC(=O)OCCOCCOCC(=O)OC(C)(C)C. The number of carbonyl (C=O) groups is 2. The third kappa shape index (κ3) is 19.2. The van der Waals surface area contributed by atoms with Crippen molar-refractivity contribution in [2.24, 2.45) is 0 Å². The zero-order valence-electron chi connectivity index (χ0n) is 17.1. The van der Waals surface area contributed by atoms with Gasteiger partial charge in [0.25, 0.3) is 0 Å². The van der Waals surface area contributed by atoms with Crippen LogP contribution in [0.1, 0.15) is 79.1 Å². The molecule has 0 bridgehead atoms. The molecule has 0 amide bonds. The lowest BCUT2D eigenvalue weighted by Crippen LogP contribution is -2.27. The Morgan fingerprint density at radius 2 is 1.31 bits per heavy atom. The predicted octanol–water partition coefficient (Wildman–Crippen LogP) is 4.05. The molecule has 0 fully saturated rings. The number of unbranched alkanes of at least 4 members (excludes halogenated alkanes) is 6. The van der Waals surface area contributed by atoms with Gasteiger partial charge >= 0.3 is 11.9 Å². The summed E-state index contributed by atoms with van der Waals surface area (Å²) in [6.07, 6.45) is 8.76. The van der Waals surface area contributed by atoms with Gasteiger partial charge in [0, 0.05) is 6.42 Å². The second-order valence-corrected chi connectivity index (χ2v) is 7.34. The molecule has 6 heteroatoms. The van der Waals surface area contributed by atoms with Crippen molar-refractivity contribution in [2.45, 2.75) is 84.7 Å². The van der Waals surface area contributed by atoms with Crippen molar-refractivity contribution in [1.82, 2.24) is 0 Å². The highest BCUT2D eigenvalue weighted by atomic mass is 16.6. The summed E-state index contributed by atoms with van der Waals surface area (Å²) in [6, 6.07) is 0. The standard InChI is InChI=1S/C20H38O6/c1-5-6-7-8-9-10-11-12-18(21)25-16-15-23-13-14-24-17-19(22)26-20(2,3)4/h5-17H2,1-4H3. The summed E-state index contributed by atoms with van der Waals surface area (Å²) in [5.41, 5.74) is -0.504. The molecule has 0 spiro atoms. The van der Waals surface area contributed by atoms with Gasteiger partial charge in [0.2, 0.25) is 0 Å². The molecular formula is C20H38O6. The van der Waals surface area contributed by atoms with Crippen molar-refractivity contribution in [3.8, 4) is 0 Å². The van der Waals surface area contributed by atoms with E-state index in [1.807, 2.05) is 20.8 Å². The van der Waals surface area contributed by atoms with E-state index in [1.54, 1.807) is 0 Å². The molecule has 0 N–H and O–H groups in total. The quantitative estimate of drug-likeness (QED) is 0.300. The van der Waals surface area contributed by atoms with Crippen molar-refractivity contribution in [1.29, 1.82) is 0 Å². The van der Waals surface area contributed by atoms with E-state index in [1.165, 1.54) is 32.1 Å². The van der Waals surface area contributed by atoms with Crippen LogP contribution in [0.4, 0.5) is 0 Å². The van der Waals surface area contributed by atoms with Crippen molar-refractivity contribution in [3.63, 3.8) is 0 Å². The highest BCUT2D eigenvalue weighted by Crippen LogP contribution is 2.09. The molecule has 0 heterocycles. The van der Waals surface area contributed by atoms with E-state index < -0.39 is 11.6 Å². The Labute approximate surface area is 158 Å². The summed E-state index contributed by atoms with van der Waals surface area (Å²) < 4.78 is 20.7. The molecule has 0 aromatic carbocycles. The van der Waals surface area contributed by atoms with E-state index >= 15 is 0 Å². The first-order chi connectivity index (χ1) is 12.3. The average Bonchev–Trinajstić information content (AvgIpc) is 2.54. The summed E-state index contributed by atoms with van der Waals surface area (Å²) in [4.78, 5) is 22.9. The van der Waals surface area contributed by atoms with Gasteiger partial charge in [-0.2, -0.15) is 0 Å². The second-order valence-electron chi connectivity index (χ2n) is 7.34. The molecule has 0 unspecified atom stereocenters. The maximum Gasteiger partial charge on any atom is 0.332 e. The van der Waals surface area contributed by atoms with Crippen molar-refractivity contribution < 1.29 is 28.5 Å². The minimum atomic E-state index is -0.504. The molecule has 0 aliphatic carbocycles. The molecule has 0 radical (unpaired) electrons. The Morgan fingerprint density at radius 3 is 1.96 bits per heavy atom. The summed E-state index contributed by atoms with van der Waals surface area (Å²) in [6.45, 7) is 8.77.